The normalized spacial score (nSPS) is 16.1. The Labute approximate surface area is 71.5 Å². The summed E-state index contributed by atoms with van der Waals surface area (Å²) in [6, 6.07) is 2.09. The molecule has 0 aliphatic carbocycles. The van der Waals surface area contributed by atoms with Crippen molar-refractivity contribution < 1.29 is 4.74 Å². The lowest BCUT2D eigenvalue weighted by Gasteiger charge is -2.13. The molecule has 0 aromatic carbocycles. The van der Waals surface area contributed by atoms with Crippen LogP contribution in [0.3, 0.4) is 0 Å². The van der Waals surface area contributed by atoms with E-state index in [2.05, 4.69) is 16.5 Å². The molecule has 1 N–H and O–H groups in total. The summed E-state index contributed by atoms with van der Waals surface area (Å²) in [6.45, 7) is 3.52. The third-order valence-electron chi connectivity index (χ3n) is 2.01. The smallest absolute Gasteiger partial charge is 0.0902 e. The van der Waals surface area contributed by atoms with Gasteiger partial charge in [-0.25, -0.2) is 0 Å². The SMILES string of the molecule is COCc1cc2n(n1)CCNC2. The molecule has 0 amide bonds. The molecule has 0 atom stereocenters. The van der Waals surface area contributed by atoms with Gasteiger partial charge in [0.2, 0.25) is 0 Å². The van der Waals surface area contributed by atoms with E-state index in [0.717, 1.165) is 25.3 Å². The Kier molecular flexibility index (Phi) is 2.10. The number of hydrogen-bond acceptors (Lipinski definition) is 3. The maximum atomic E-state index is 5.01. The van der Waals surface area contributed by atoms with Crippen molar-refractivity contribution in [3.63, 3.8) is 0 Å². The largest absolute Gasteiger partial charge is 0.378 e. The minimum absolute atomic E-state index is 0.611. The van der Waals surface area contributed by atoms with Gasteiger partial charge in [0.1, 0.15) is 0 Å². The second-order valence-electron chi connectivity index (χ2n) is 2.96. The molecule has 2 rings (SSSR count). The summed E-state index contributed by atoms with van der Waals surface area (Å²) in [5.74, 6) is 0. The van der Waals surface area contributed by atoms with Gasteiger partial charge in [0, 0.05) is 20.2 Å². The summed E-state index contributed by atoms with van der Waals surface area (Å²) in [5.41, 5.74) is 2.28. The van der Waals surface area contributed by atoms with Gasteiger partial charge in [-0.3, -0.25) is 4.68 Å². The number of nitrogens with zero attached hydrogens (tertiary/aromatic N) is 2. The van der Waals surface area contributed by atoms with E-state index in [1.807, 2.05) is 4.68 Å². The van der Waals surface area contributed by atoms with Crippen LogP contribution in [0.2, 0.25) is 0 Å². The zero-order valence-electron chi connectivity index (χ0n) is 7.21. The first kappa shape index (κ1) is 7.76. The van der Waals surface area contributed by atoms with Gasteiger partial charge >= 0.3 is 0 Å². The maximum absolute atomic E-state index is 5.01. The van der Waals surface area contributed by atoms with Gasteiger partial charge in [0.05, 0.1) is 24.5 Å². The van der Waals surface area contributed by atoms with E-state index in [1.54, 1.807) is 7.11 Å². The highest BCUT2D eigenvalue weighted by Crippen LogP contribution is 2.07. The molecule has 0 spiro atoms. The molecule has 4 heteroatoms. The molecule has 1 aromatic rings. The van der Waals surface area contributed by atoms with Gasteiger partial charge in [-0.2, -0.15) is 5.10 Å². The van der Waals surface area contributed by atoms with Crippen molar-refractivity contribution in [2.75, 3.05) is 13.7 Å². The molecule has 66 valence electrons. The topological polar surface area (TPSA) is 39.1 Å². The van der Waals surface area contributed by atoms with E-state index in [1.165, 1.54) is 5.69 Å². The summed E-state index contributed by atoms with van der Waals surface area (Å²) < 4.78 is 7.06. The monoisotopic (exact) mass is 167 g/mol. The molecule has 0 saturated heterocycles. The zero-order chi connectivity index (χ0) is 8.39. The van der Waals surface area contributed by atoms with Crippen LogP contribution in [-0.2, 0) is 24.4 Å². The standard InChI is InChI=1S/C8H13N3O/c1-12-6-7-4-8-5-9-2-3-11(8)10-7/h4,9H,2-3,5-6H2,1H3. The van der Waals surface area contributed by atoms with Crippen molar-refractivity contribution in [1.29, 1.82) is 0 Å². The van der Waals surface area contributed by atoms with Gasteiger partial charge in [0.25, 0.3) is 0 Å². The van der Waals surface area contributed by atoms with Gasteiger partial charge in [0.15, 0.2) is 0 Å². The molecule has 1 aliphatic rings. The van der Waals surface area contributed by atoms with Crippen LogP contribution in [0.1, 0.15) is 11.4 Å². The van der Waals surface area contributed by atoms with Crippen molar-refractivity contribution in [3.8, 4) is 0 Å². The lowest BCUT2D eigenvalue weighted by molar-refractivity contribution is 0.180. The summed E-state index contributed by atoms with van der Waals surface area (Å²) >= 11 is 0. The molecular formula is C8H13N3O. The minimum Gasteiger partial charge on any atom is -0.378 e. The van der Waals surface area contributed by atoms with E-state index < -0.39 is 0 Å². The van der Waals surface area contributed by atoms with Crippen LogP contribution in [0.4, 0.5) is 0 Å². The van der Waals surface area contributed by atoms with Gasteiger partial charge in [-0.1, -0.05) is 0 Å². The Morgan fingerprint density at radius 1 is 1.75 bits per heavy atom. The third-order valence-corrected chi connectivity index (χ3v) is 2.01. The van der Waals surface area contributed by atoms with Gasteiger partial charge in [-0.15, -0.1) is 0 Å². The molecule has 0 radical (unpaired) electrons. The molecule has 1 aromatic heterocycles. The fourth-order valence-electron chi connectivity index (χ4n) is 1.47. The van der Waals surface area contributed by atoms with Crippen molar-refractivity contribution >= 4 is 0 Å². The highest BCUT2D eigenvalue weighted by molar-refractivity contribution is 5.10. The number of nitrogens with one attached hydrogen (secondary N) is 1. The minimum atomic E-state index is 0.611. The number of methoxy groups -OCH3 is 1. The predicted octanol–water partition coefficient (Wildman–Crippen LogP) is 0.133. The van der Waals surface area contributed by atoms with E-state index in [4.69, 9.17) is 4.74 Å². The Balaban J connectivity index is 2.20. The highest BCUT2D eigenvalue weighted by Gasteiger charge is 2.10. The van der Waals surface area contributed by atoms with Gasteiger partial charge < -0.3 is 10.1 Å². The molecular weight excluding hydrogens is 154 g/mol. The molecule has 1 aliphatic heterocycles. The number of fused-ring (bicyclic) bond motifs is 1. The van der Waals surface area contributed by atoms with Crippen LogP contribution < -0.4 is 5.32 Å². The second kappa shape index (κ2) is 3.25. The Morgan fingerprint density at radius 3 is 3.42 bits per heavy atom. The van der Waals surface area contributed by atoms with Crippen molar-refractivity contribution in [2.45, 2.75) is 19.7 Å². The number of ether oxygens (including phenoxy) is 1. The van der Waals surface area contributed by atoms with Crippen LogP contribution >= 0.6 is 0 Å². The molecule has 4 nitrogen and oxygen atoms in total. The van der Waals surface area contributed by atoms with Crippen LogP contribution in [0.15, 0.2) is 6.07 Å². The second-order valence-corrected chi connectivity index (χ2v) is 2.96. The fraction of sp³-hybridized carbons (Fsp3) is 0.625. The molecule has 0 fully saturated rings. The van der Waals surface area contributed by atoms with E-state index in [0.29, 0.717) is 6.61 Å². The molecule has 2 heterocycles. The number of hydrogen-bond donors (Lipinski definition) is 1. The van der Waals surface area contributed by atoms with Crippen LogP contribution in [-0.4, -0.2) is 23.4 Å². The van der Waals surface area contributed by atoms with E-state index in [9.17, 15) is 0 Å². The Bertz CT molecular complexity index is 246. The molecule has 0 unspecified atom stereocenters. The predicted molar refractivity (Wildman–Crippen MR) is 44.6 cm³/mol. The first-order valence-corrected chi connectivity index (χ1v) is 4.15. The lowest BCUT2D eigenvalue weighted by Crippen LogP contribution is -2.28. The first-order valence-electron chi connectivity index (χ1n) is 4.15. The Morgan fingerprint density at radius 2 is 2.67 bits per heavy atom. The third kappa shape index (κ3) is 1.35. The molecule has 12 heavy (non-hydrogen) atoms. The number of rotatable bonds is 2. The first-order chi connectivity index (χ1) is 5.90. The molecule has 0 saturated carbocycles. The van der Waals surface area contributed by atoms with E-state index in [-0.39, 0.29) is 0 Å². The average Bonchev–Trinajstić information content (AvgIpc) is 2.47. The zero-order valence-corrected chi connectivity index (χ0v) is 7.21. The van der Waals surface area contributed by atoms with Crippen molar-refractivity contribution in [1.82, 2.24) is 15.1 Å². The quantitative estimate of drug-likeness (QED) is 0.680. The lowest BCUT2D eigenvalue weighted by atomic mass is 10.3. The average molecular weight is 167 g/mol. The summed E-state index contributed by atoms with van der Waals surface area (Å²) in [4.78, 5) is 0. The van der Waals surface area contributed by atoms with Crippen molar-refractivity contribution in [3.05, 3.63) is 17.5 Å². The molecule has 0 bridgehead atoms. The van der Waals surface area contributed by atoms with Crippen LogP contribution in [0.5, 0.6) is 0 Å². The Hall–Kier alpha value is -0.870. The highest BCUT2D eigenvalue weighted by atomic mass is 16.5. The van der Waals surface area contributed by atoms with Crippen LogP contribution in [0.25, 0.3) is 0 Å². The van der Waals surface area contributed by atoms with Gasteiger partial charge in [-0.05, 0) is 6.07 Å². The van der Waals surface area contributed by atoms with Crippen LogP contribution in [0, 0.1) is 0 Å². The maximum Gasteiger partial charge on any atom is 0.0902 e. The summed E-state index contributed by atoms with van der Waals surface area (Å²) in [6.07, 6.45) is 0. The van der Waals surface area contributed by atoms with E-state index >= 15 is 0 Å². The fourth-order valence-corrected chi connectivity index (χ4v) is 1.47. The summed E-state index contributed by atoms with van der Waals surface area (Å²) in [5, 5.41) is 7.69. The van der Waals surface area contributed by atoms with Crippen molar-refractivity contribution in [2.24, 2.45) is 0 Å². The summed E-state index contributed by atoms with van der Waals surface area (Å²) in [7, 11) is 1.69. The number of aromatic nitrogens is 2.